The molecule has 1 amide bonds. The van der Waals surface area contributed by atoms with Gasteiger partial charge in [-0.3, -0.25) is 4.79 Å². The molecule has 0 aliphatic heterocycles. The summed E-state index contributed by atoms with van der Waals surface area (Å²) in [5.74, 6) is -0.303. The highest BCUT2D eigenvalue weighted by molar-refractivity contribution is 7.89. The van der Waals surface area contributed by atoms with Gasteiger partial charge < -0.3 is 5.32 Å². The lowest BCUT2D eigenvalue weighted by molar-refractivity contribution is 0.0954. The molecule has 0 aliphatic carbocycles. The van der Waals surface area contributed by atoms with Crippen molar-refractivity contribution >= 4 is 27.5 Å². The number of sulfonamides is 1. The summed E-state index contributed by atoms with van der Waals surface area (Å²) in [6, 6.07) is 11.7. The number of hydrogen-bond acceptors (Lipinski definition) is 3. The molecule has 128 valence electrons. The van der Waals surface area contributed by atoms with Crippen LogP contribution in [0.5, 0.6) is 0 Å². The molecule has 0 atom stereocenters. The second kappa shape index (κ2) is 7.79. The highest BCUT2D eigenvalue weighted by atomic mass is 35.5. The predicted molar refractivity (Wildman–Crippen MR) is 94.9 cm³/mol. The number of aryl methyl sites for hydroxylation is 2. The molecule has 0 saturated heterocycles. The Kier molecular flexibility index (Phi) is 5.99. The van der Waals surface area contributed by atoms with Crippen LogP contribution in [0.1, 0.15) is 21.5 Å². The van der Waals surface area contributed by atoms with Crippen LogP contribution in [0.25, 0.3) is 0 Å². The summed E-state index contributed by atoms with van der Waals surface area (Å²) in [7, 11) is -3.60. The number of benzene rings is 2. The Balaban J connectivity index is 1.90. The van der Waals surface area contributed by atoms with E-state index >= 15 is 0 Å². The van der Waals surface area contributed by atoms with Gasteiger partial charge in [-0.2, -0.15) is 0 Å². The molecule has 2 aromatic rings. The van der Waals surface area contributed by atoms with Gasteiger partial charge in [-0.05, 0) is 43.7 Å². The largest absolute Gasteiger partial charge is 0.351 e. The monoisotopic (exact) mass is 366 g/mol. The summed E-state index contributed by atoms with van der Waals surface area (Å²) >= 11 is 5.83. The van der Waals surface area contributed by atoms with Crippen molar-refractivity contribution in [1.29, 1.82) is 0 Å². The number of amides is 1. The molecule has 24 heavy (non-hydrogen) atoms. The molecule has 0 bridgehead atoms. The van der Waals surface area contributed by atoms with E-state index in [2.05, 4.69) is 10.0 Å². The van der Waals surface area contributed by atoms with E-state index in [0.717, 1.165) is 5.56 Å². The maximum absolute atomic E-state index is 12.3. The lowest BCUT2D eigenvalue weighted by atomic mass is 10.2. The molecule has 0 heterocycles. The number of hydrogen-bond donors (Lipinski definition) is 2. The molecule has 2 aromatic carbocycles. The Labute approximate surface area is 147 Å². The van der Waals surface area contributed by atoms with Crippen LogP contribution in [-0.2, 0) is 10.0 Å². The van der Waals surface area contributed by atoms with Crippen LogP contribution in [0.3, 0.4) is 0 Å². The lowest BCUT2D eigenvalue weighted by Gasteiger charge is -2.10. The van der Waals surface area contributed by atoms with Crippen LogP contribution < -0.4 is 10.0 Å². The van der Waals surface area contributed by atoms with Crippen LogP contribution in [0.4, 0.5) is 0 Å². The van der Waals surface area contributed by atoms with Gasteiger partial charge in [0.2, 0.25) is 10.0 Å². The van der Waals surface area contributed by atoms with E-state index in [-0.39, 0.29) is 23.9 Å². The van der Waals surface area contributed by atoms with Gasteiger partial charge in [-0.25, -0.2) is 13.1 Å². The molecule has 0 aromatic heterocycles. The van der Waals surface area contributed by atoms with Gasteiger partial charge in [-0.15, -0.1) is 0 Å². The van der Waals surface area contributed by atoms with Gasteiger partial charge in [0, 0.05) is 23.7 Å². The van der Waals surface area contributed by atoms with Crippen molar-refractivity contribution in [3.63, 3.8) is 0 Å². The van der Waals surface area contributed by atoms with Crippen LogP contribution in [0.15, 0.2) is 47.4 Å². The molecular formula is C17H19ClN2O3S. The molecule has 7 heteroatoms. The standard InChI is InChI=1S/C17H19ClN2O3S/c1-12-6-7-16(13(2)10-12)24(22,23)20-9-8-19-17(21)14-4-3-5-15(18)11-14/h3-7,10-11,20H,8-9H2,1-2H3,(H,19,21). The molecule has 0 fully saturated rings. The van der Waals surface area contributed by atoms with Crippen LogP contribution in [0, 0.1) is 13.8 Å². The molecule has 2 N–H and O–H groups in total. The Hall–Kier alpha value is -1.89. The van der Waals surface area contributed by atoms with Crippen LogP contribution in [-0.4, -0.2) is 27.4 Å². The van der Waals surface area contributed by atoms with Crippen molar-refractivity contribution in [3.8, 4) is 0 Å². The van der Waals surface area contributed by atoms with Crippen molar-refractivity contribution in [3.05, 3.63) is 64.2 Å². The highest BCUT2D eigenvalue weighted by Gasteiger charge is 2.16. The lowest BCUT2D eigenvalue weighted by Crippen LogP contribution is -2.34. The maximum Gasteiger partial charge on any atom is 0.251 e. The van der Waals surface area contributed by atoms with E-state index in [1.165, 1.54) is 0 Å². The Morgan fingerprint density at radius 3 is 2.50 bits per heavy atom. The average Bonchev–Trinajstić information content (AvgIpc) is 2.51. The summed E-state index contributed by atoms with van der Waals surface area (Å²) in [5, 5.41) is 3.12. The normalized spacial score (nSPS) is 11.3. The maximum atomic E-state index is 12.3. The first-order valence-electron chi connectivity index (χ1n) is 7.40. The number of rotatable bonds is 6. The summed E-state index contributed by atoms with van der Waals surface area (Å²) in [6.07, 6.45) is 0. The summed E-state index contributed by atoms with van der Waals surface area (Å²) in [6.45, 7) is 3.93. The number of nitrogens with one attached hydrogen (secondary N) is 2. The van der Waals surface area contributed by atoms with Gasteiger partial charge in [0.25, 0.3) is 5.91 Å². The zero-order chi connectivity index (χ0) is 17.7. The van der Waals surface area contributed by atoms with E-state index in [0.29, 0.717) is 16.1 Å². The fourth-order valence-electron chi connectivity index (χ4n) is 2.27. The average molecular weight is 367 g/mol. The minimum Gasteiger partial charge on any atom is -0.351 e. The minimum atomic E-state index is -3.60. The van der Waals surface area contributed by atoms with Crippen molar-refractivity contribution < 1.29 is 13.2 Å². The molecular weight excluding hydrogens is 348 g/mol. The Bertz CT molecular complexity index is 851. The quantitative estimate of drug-likeness (QED) is 0.772. The molecule has 0 spiro atoms. The smallest absolute Gasteiger partial charge is 0.251 e. The second-order valence-corrected chi connectivity index (χ2v) is 7.60. The molecule has 0 radical (unpaired) electrons. The van der Waals surface area contributed by atoms with E-state index in [1.807, 2.05) is 13.0 Å². The van der Waals surface area contributed by atoms with E-state index in [1.54, 1.807) is 43.3 Å². The fraction of sp³-hybridized carbons (Fsp3) is 0.235. The van der Waals surface area contributed by atoms with Gasteiger partial charge in [0.05, 0.1) is 4.90 Å². The zero-order valence-electron chi connectivity index (χ0n) is 13.5. The Morgan fingerprint density at radius 1 is 1.08 bits per heavy atom. The van der Waals surface area contributed by atoms with Crippen molar-refractivity contribution in [1.82, 2.24) is 10.0 Å². The third-order valence-corrected chi connectivity index (χ3v) is 5.27. The molecule has 0 unspecified atom stereocenters. The first kappa shape index (κ1) is 18.4. The summed E-state index contributed by atoms with van der Waals surface area (Å²) in [5.41, 5.74) is 2.12. The molecule has 2 rings (SSSR count). The number of carbonyl (C=O) groups is 1. The predicted octanol–water partition coefficient (Wildman–Crippen LogP) is 2.67. The van der Waals surface area contributed by atoms with Crippen LogP contribution in [0.2, 0.25) is 5.02 Å². The third-order valence-electron chi connectivity index (χ3n) is 3.41. The minimum absolute atomic E-state index is 0.0992. The fourth-order valence-corrected chi connectivity index (χ4v) is 3.72. The first-order chi connectivity index (χ1) is 11.3. The van der Waals surface area contributed by atoms with Gasteiger partial charge in [0.1, 0.15) is 0 Å². The van der Waals surface area contributed by atoms with E-state index in [9.17, 15) is 13.2 Å². The topological polar surface area (TPSA) is 75.3 Å². The Morgan fingerprint density at radius 2 is 1.83 bits per heavy atom. The molecule has 0 aliphatic rings. The van der Waals surface area contributed by atoms with Crippen molar-refractivity contribution in [2.75, 3.05) is 13.1 Å². The number of halogens is 1. The summed E-state index contributed by atoms with van der Waals surface area (Å²) in [4.78, 5) is 12.2. The van der Waals surface area contributed by atoms with Crippen molar-refractivity contribution in [2.24, 2.45) is 0 Å². The van der Waals surface area contributed by atoms with E-state index in [4.69, 9.17) is 11.6 Å². The summed E-state index contributed by atoms with van der Waals surface area (Å²) < 4.78 is 27.0. The van der Waals surface area contributed by atoms with Gasteiger partial charge in [-0.1, -0.05) is 35.4 Å². The van der Waals surface area contributed by atoms with Crippen LogP contribution >= 0.6 is 11.6 Å². The number of carbonyl (C=O) groups excluding carboxylic acids is 1. The zero-order valence-corrected chi connectivity index (χ0v) is 15.0. The SMILES string of the molecule is Cc1ccc(S(=O)(=O)NCCNC(=O)c2cccc(Cl)c2)c(C)c1. The molecule has 0 saturated carbocycles. The van der Waals surface area contributed by atoms with E-state index < -0.39 is 10.0 Å². The van der Waals surface area contributed by atoms with Gasteiger partial charge >= 0.3 is 0 Å². The van der Waals surface area contributed by atoms with Gasteiger partial charge in [0.15, 0.2) is 0 Å². The first-order valence-corrected chi connectivity index (χ1v) is 9.26. The second-order valence-electron chi connectivity index (χ2n) is 5.43. The molecule has 5 nitrogen and oxygen atoms in total. The third kappa shape index (κ3) is 4.80. The van der Waals surface area contributed by atoms with Crippen molar-refractivity contribution in [2.45, 2.75) is 18.7 Å². The highest BCUT2D eigenvalue weighted by Crippen LogP contribution is 2.16.